The number of nitrogens with zero attached hydrogens (tertiary/aromatic N) is 4. The zero-order chi connectivity index (χ0) is 31.6. The number of nitro groups is 2. The van der Waals surface area contributed by atoms with Gasteiger partial charge in [0.1, 0.15) is 25.5 Å². The fraction of sp³-hybridized carbons (Fsp3) is 0.233. The summed E-state index contributed by atoms with van der Waals surface area (Å²) in [6, 6.07) is 17.3. The number of esters is 1. The monoisotopic (exact) mass is 602 g/mol. The van der Waals surface area contributed by atoms with E-state index in [2.05, 4.69) is 5.16 Å². The van der Waals surface area contributed by atoms with Crippen molar-refractivity contribution in [2.24, 2.45) is 11.1 Å². The van der Waals surface area contributed by atoms with Gasteiger partial charge in [0, 0.05) is 35.2 Å². The fourth-order valence-corrected chi connectivity index (χ4v) is 4.97. The highest BCUT2D eigenvalue weighted by Gasteiger charge is 2.50. The van der Waals surface area contributed by atoms with Gasteiger partial charge in [0.05, 0.1) is 44.2 Å². The molecule has 1 aliphatic rings. The molecule has 0 radical (unpaired) electrons. The summed E-state index contributed by atoms with van der Waals surface area (Å²) in [7, 11) is 1.51. The number of rotatable bonds is 9. The molecule has 44 heavy (non-hydrogen) atoms. The zero-order valence-corrected chi connectivity index (χ0v) is 23.7. The first-order chi connectivity index (χ1) is 21.0. The molecule has 0 amide bonds. The summed E-state index contributed by atoms with van der Waals surface area (Å²) >= 11 is 0. The summed E-state index contributed by atoms with van der Waals surface area (Å²) in [5.41, 5.74) is 0.460. The lowest BCUT2D eigenvalue weighted by Gasteiger charge is -2.25. The Bertz CT molecular complexity index is 1780. The number of oxime groups is 1. The maximum atomic E-state index is 12.9. The minimum atomic E-state index is -0.977. The van der Waals surface area contributed by atoms with Crippen LogP contribution in [0.2, 0.25) is 0 Å². The Hall–Kier alpha value is -5.63. The van der Waals surface area contributed by atoms with Gasteiger partial charge in [0.15, 0.2) is 0 Å². The molecule has 2 atom stereocenters. The van der Waals surface area contributed by atoms with Crippen LogP contribution in [0.3, 0.4) is 0 Å². The first kappa shape index (κ1) is 29.8. The lowest BCUT2D eigenvalue weighted by Crippen LogP contribution is -2.34. The van der Waals surface area contributed by atoms with Crippen molar-refractivity contribution in [3.8, 4) is 0 Å². The molecule has 1 aromatic heterocycles. The van der Waals surface area contributed by atoms with E-state index in [0.717, 1.165) is 10.9 Å². The molecule has 4 aromatic rings. The number of benzene rings is 3. The second kappa shape index (κ2) is 11.9. The lowest BCUT2D eigenvalue weighted by atomic mass is 9.87. The molecule has 1 fully saturated rings. The number of aromatic nitrogens is 1. The van der Waals surface area contributed by atoms with Crippen LogP contribution >= 0.6 is 0 Å². The van der Waals surface area contributed by atoms with Crippen LogP contribution in [0.25, 0.3) is 10.9 Å². The van der Waals surface area contributed by atoms with Gasteiger partial charge in [0.25, 0.3) is 11.4 Å². The summed E-state index contributed by atoms with van der Waals surface area (Å²) in [5, 5.41) is 27.0. The third kappa shape index (κ3) is 5.83. The van der Waals surface area contributed by atoms with Gasteiger partial charge in [-0.3, -0.25) is 20.2 Å². The molecule has 226 valence electrons. The number of hydrogen-bond acceptors (Lipinski definition) is 11. The number of fused-ring (bicyclic) bond motifs is 1. The quantitative estimate of drug-likeness (QED) is 0.109. The fourth-order valence-electron chi connectivity index (χ4n) is 4.97. The Morgan fingerprint density at radius 1 is 0.909 bits per heavy atom. The topological polar surface area (TPSA) is 175 Å². The summed E-state index contributed by atoms with van der Waals surface area (Å²) in [5.74, 6) is -2.29. The smallest absolute Gasteiger partial charge is 0.365 e. The molecule has 1 aliphatic heterocycles. The largest absolute Gasteiger partial charge is 0.461 e. The van der Waals surface area contributed by atoms with Gasteiger partial charge in [-0.15, -0.1) is 0 Å². The number of carbonyl (C=O) groups excluding carboxylic acids is 2. The third-order valence-electron chi connectivity index (χ3n) is 7.32. The van der Waals surface area contributed by atoms with E-state index in [0.29, 0.717) is 5.56 Å². The number of non-ortho nitro benzene ring substituents is 2. The van der Waals surface area contributed by atoms with Gasteiger partial charge in [-0.05, 0) is 44.2 Å². The maximum Gasteiger partial charge on any atom is 0.365 e. The molecule has 14 heteroatoms. The van der Waals surface area contributed by atoms with E-state index in [1.165, 1.54) is 55.6 Å². The van der Waals surface area contributed by atoms with Gasteiger partial charge in [-0.1, -0.05) is 23.4 Å². The number of ether oxygens (including phenoxy) is 2. The minimum Gasteiger partial charge on any atom is -0.461 e. The molecule has 2 heterocycles. The van der Waals surface area contributed by atoms with Crippen molar-refractivity contribution in [2.45, 2.75) is 25.6 Å². The molecule has 0 saturated carbocycles. The molecule has 1 saturated heterocycles. The van der Waals surface area contributed by atoms with E-state index in [-0.39, 0.29) is 34.8 Å². The van der Waals surface area contributed by atoms with Crippen LogP contribution in [0.5, 0.6) is 0 Å². The Balaban J connectivity index is 1.47. The van der Waals surface area contributed by atoms with Crippen molar-refractivity contribution in [3.63, 3.8) is 0 Å². The summed E-state index contributed by atoms with van der Waals surface area (Å²) in [6.07, 6.45) is 0.878. The summed E-state index contributed by atoms with van der Waals surface area (Å²) in [4.78, 5) is 57.4. The van der Waals surface area contributed by atoms with Crippen LogP contribution in [0.4, 0.5) is 11.4 Å². The molecule has 0 spiro atoms. The molecular weight excluding hydrogens is 576 g/mol. The first-order valence-electron chi connectivity index (χ1n) is 13.3. The number of nitro benzene ring substituents is 2. The van der Waals surface area contributed by atoms with Crippen molar-refractivity contribution < 1.29 is 38.6 Å². The highest BCUT2D eigenvalue weighted by molar-refractivity contribution is 5.99. The molecule has 14 nitrogen and oxygen atoms in total. The van der Waals surface area contributed by atoms with Gasteiger partial charge < -0.3 is 19.1 Å². The Labute approximate surface area is 249 Å². The molecular formula is C30H26N4O10. The predicted octanol–water partition coefficient (Wildman–Crippen LogP) is 5.05. The molecule has 3 aromatic carbocycles. The van der Waals surface area contributed by atoms with E-state index >= 15 is 0 Å². The Morgan fingerprint density at radius 2 is 1.48 bits per heavy atom. The number of para-hydroxylation sites is 1. The van der Waals surface area contributed by atoms with Crippen molar-refractivity contribution >= 4 is 39.9 Å². The van der Waals surface area contributed by atoms with Crippen LogP contribution in [0.15, 0.2) is 84.1 Å². The minimum absolute atomic E-state index is 0.0341. The van der Waals surface area contributed by atoms with E-state index in [1.54, 1.807) is 24.8 Å². The molecule has 0 N–H and O–H groups in total. The third-order valence-corrected chi connectivity index (χ3v) is 7.32. The van der Waals surface area contributed by atoms with E-state index in [1.807, 2.05) is 24.3 Å². The second-order valence-corrected chi connectivity index (χ2v) is 10.4. The Morgan fingerprint density at radius 3 is 2.05 bits per heavy atom. The predicted molar refractivity (Wildman–Crippen MR) is 155 cm³/mol. The zero-order valence-electron chi connectivity index (χ0n) is 23.7. The van der Waals surface area contributed by atoms with Crippen LogP contribution in [-0.2, 0) is 14.3 Å². The van der Waals surface area contributed by atoms with E-state index in [9.17, 15) is 29.8 Å². The maximum absolute atomic E-state index is 12.9. The van der Waals surface area contributed by atoms with Gasteiger partial charge in [0.2, 0.25) is 0 Å². The normalized spacial score (nSPS) is 18.2. The van der Waals surface area contributed by atoms with Crippen molar-refractivity contribution in [1.29, 1.82) is 0 Å². The van der Waals surface area contributed by atoms with Crippen LogP contribution in [-0.4, -0.2) is 51.5 Å². The van der Waals surface area contributed by atoms with Crippen LogP contribution in [0.1, 0.15) is 46.2 Å². The van der Waals surface area contributed by atoms with Crippen LogP contribution in [0, 0.1) is 26.1 Å². The highest BCUT2D eigenvalue weighted by atomic mass is 16.7. The highest BCUT2D eigenvalue weighted by Crippen LogP contribution is 2.44. The average Bonchev–Trinajstić information content (AvgIpc) is 3.51. The van der Waals surface area contributed by atoms with Crippen LogP contribution < -0.4 is 4.84 Å². The standard InChI is InChI=1S/C30H26N4O10/c1-30(2)24(17-42-28(35)18-8-12-20(13-9-18)33(37)38)26(31-44-29(36)19-10-14-21(15-11-19)34(39)40)27(43-30)23-16-32(41-3)25-7-5-4-6-22(23)25/h4-16,24,27H,17H2,1-3H3/b31-26-/t24-,27-/m0/s1. The number of carbonyl (C=O) groups is 2. The lowest BCUT2D eigenvalue weighted by molar-refractivity contribution is -0.385. The van der Waals surface area contributed by atoms with E-state index in [4.69, 9.17) is 19.1 Å². The van der Waals surface area contributed by atoms with E-state index < -0.39 is 39.4 Å². The van der Waals surface area contributed by atoms with Crippen molar-refractivity contribution in [3.05, 3.63) is 116 Å². The number of hydrogen-bond donors (Lipinski definition) is 0. The Kier molecular flexibility index (Phi) is 8.09. The molecule has 0 aliphatic carbocycles. The molecule has 5 rings (SSSR count). The first-order valence-corrected chi connectivity index (χ1v) is 13.3. The SMILES string of the molecule is COn1cc([C@@H]2OC(C)(C)[C@@H](COC(=O)c3ccc([N+](=O)[O-])cc3)/C2=N/OC(=O)c2ccc([N+](=O)[O-])cc2)c2ccccc21. The second-order valence-electron chi connectivity index (χ2n) is 10.4. The van der Waals surface area contributed by atoms with Gasteiger partial charge >= 0.3 is 11.9 Å². The van der Waals surface area contributed by atoms with Crippen molar-refractivity contribution in [2.75, 3.05) is 13.7 Å². The molecule has 0 bridgehead atoms. The summed E-state index contributed by atoms with van der Waals surface area (Å²) < 4.78 is 13.6. The van der Waals surface area contributed by atoms with Crippen molar-refractivity contribution in [1.82, 2.24) is 4.73 Å². The average molecular weight is 603 g/mol. The van der Waals surface area contributed by atoms with Gasteiger partial charge in [-0.25, -0.2) is 9.59 Å². The van der Waals surface area contributed by atoms with Gasteiger partial charge in [-0.2, -0.15) is 4.73 Å². The molecule has 0 unspecified atom stereocenters. The summed E-state index contributed by atoms with van der Waals surface area (Å²) in [6.45, 7) is 3.33.